The fraction of sp³-hybridized carbons (Fsp3) is 0.611. The van der Waals surface area contributed by atoms with E-state index in [1.165, 1.54) is 17.0 Å². The fourth-order valence-electron chi connectivity index (χ4n) is 3.04. The van der Waals surface area contributed by atoms with Gasteiger partial charge in [-0.2, -0.15) is 5.10 Å². The van der Waals surface area contributed by atoms with E-state index < -0.39 is 0 Å². The van der Waals surface area contributed by atoms with E-state index in [4.69, 9.17) is 0 Å². The third-order valence-electron chi connectivity index (χ3n) is 4.73. The number of thiazole rings is 1. The van der Waals surface area contributed by atoms with E-state index in [2.05, 4.69) is 48.9 Å². The summed E-state index contributed by atoms with van der Waals surface area (Å²) in [7, 11) is 0. The fourth-order valence-corrected chi connectivity index (χ4v) is 3.98. The number of piperidine rings is 1. The molecule has 1 N–H and O–H groups in total. The number of carbonyl (C=O) groups is 1. The van der Waals surface area contributed by atoms with Gasteiger partial charge < -0.3 is 4.90 Å². The highest BCUT2D eigenvalue weighted by Gasteiger charge is 2.27. The molecule has 0 aromatic carbocycles. The Labute approximate surface area is 147 Å². The van der Waals surface area contributed by atoms with E-state index in [1.54, 1.807) is 0 Å². The quantitative estimate of drug-likeness (QED) is 0.905. The molecular formula is C18H26N4OS. The Bertz CT molecular complexity index is 695. The van der Waals surface area contributed by atoms with Crippen LogP contribution in [0.1, 0.15) is 85.2 Å². The van der Waals surface area contributed by atoms with E-state index in [9.17, 15) is 4.79 Å². The van der Waals surface area contributed by atoms with Gasteiger partial charge >= 0.3 is 0 Å². The summed E-state index contributed by atoms with van der Waals surface area (Å²) >= 11 is 1.46. The highest BCUT2D eigenvalue weighted by Crippen LogP contribution is 2.29. The van der Waals surface area contributed by atoms with Crippen molar-refractivity contribution in [1.29, 1.82) is 0 Å². The molecule has 3 heterocycles. The van der Waals surface area contributed by atoms with Gasteiger partial charge in [-0.25, -0.2) is 4.98 Å². The number of likely N-dealkylation sites (tertiary alicyclic amines) is 1. The summed E-state index contributed by atoms with van der Waals surface area (Å²) in [5, 5.41) is 10.2. The van der Waals surface area contributed by atoms with Crippen LogP contribution in [0.3, 0.4) is 0 Å². The molecule has 5 nitrogen and oxygen atoms in total. The van der Waals surface area contributed by atoms with Crippen molar-refractivity contribution in [2.45, 2.75) is 58.3 Å². The van der Waals surface area contributed by atoms with Crippen LogP contribution in [-0.4, -0.2) is 39.1 Å². The molecule has 0 unspecified atom stereocenters. The van der Waals surface area contributed by atoms with Crippen molar-refractivity contribution in [3.05, 3.63) is 33.5 Å². The lowest BCUT2D eigenvalue weighted by Crippen LogP contribution is -2.38. The van der Waals surface area contributed by atoms with Crippen LogP contribution in [0.15, 0.2) is 11.4 Å². The SMILES string of the molecule is CC(C)c1cc(C2CCN(C(=O)c3nc(C(C)C)cs3)CC2)[nH]n1. The lowest BCUT2D eigenvalue weighted by Gasteiger charge is -2.30. The maximum Gasteiger partial charge on any atom is 0.282 e. The maximum atomic E-state index is 12.6. The van der Waals surface area contributed by atoms with Gasteiger partial charge in [-0.05, 0) is 30.7 Å². The van der Waals surface area contributed by atoms with Crippen molar-refractivity contribution in [2.24, 2.45) is 0 Å². The van der Waals surface area contributed by atoms with Crippen molar-refractivity contribution in [3.8, 4) is 0 Å². The second-order valence-corrected chi connectivity index (χ2v) is 8.06. The predicted molar refractivity (Wildman–Crippen MR) is 96.8 cm³/mol. The second-order valence-electron chi connectivity index (χ2n) is 7.20. The molecule has 24 heavy (non-hydrogen) atoms. The zero-order valence-corrected chi connectivity index (χ0v) is 15.7. The van der Waals surface area contributed by atoms with Gasteiger partial charge in [-0.1, -0.05) is 27.7 Å². The number of carbonyl (C=O) groups excluding carboxylic acids is 1. The molecule has 2 aromatic rings. The largest absolute Gasteiger partial charge is 0.337 e. The molecule has 1 fully saturated rings. The summed E-state index contributed by atoms with van der Waals surface area (Å²) in [5.41, 5.74) is 3.34. The van der Waals surface area contributed by atoms with Gasteiger partial charge in [-0.15, -0.1) is 11.3 Å². The molecule has 2 aromatic heterocycles. The van der Waals surface area contributed by atoms with E-state index >= 15 is 0 Å². The Morgan fingerprint density at radius 2 is 1.88 bits per heavy atom. The second kappa shape index (κ2) is 7.05. The number of nitrogens with one attached hydrogen (secondary N) is 1. The average molecular weight is 347 g/mol. The molecule has 130 valence electrons. The number of aromatic amines is 1. The number of amides is 1. The van der Waals surface area contributed by atoms with Crippen molar-refractivity contribution in [1.82, 2.24) is 20.1 Å². The maximum absolute atomic E-state index is 12.6. The van der Waals surface area contributed by atoms with Gasteiger partial charge in [0.05, 0.1) is 11.4 Å². The standard InChI is InChI=1S/C18H26N4OS/c1-11(2)14-9-15(21-20-14)13-5-7-22(8-6-13)18(23)17-19-16(10-24-17)12(3)4/h9-13H,5-8H2,1-4H3,(H,20,21). The number of nitrogens with zero attached hydrogens (tertiary/aromatic N) is 3. The number of rotatable bonds is 4. The molecule has 1 aliphatic heterocycles. The first-order chi connectivity index (χ1) is 11.5. The first-order valence-electron chi connectivity index (χ1n) is 8.75. The smallest absolute Gasteiger partial charge is 0.282 e. The van der Waals surface area contributed by atoms with Gasteiger partial charge in [-0.3, -0.25) is 9.89 Å². The highest BCUT2D eigenvalue weighted by atomic mass is 32.1. The molecule has 6 heteroatoms. The van der Waals surface area contributed by atoms with Crippen molar-refractivity contribution < 1.29 is 4.79 Å². The van der Waals surface area contributed by atoms with Crippen LogP contribution in [0.4, 0.5) is 0 Å². The minimum absolute atomic E-state index is 0.0813. The Balaban J connectivity index is 1.60. The first kappa shape index (κ1) is 17.1. The summed E-state index contributed by atoms with van der Waals surface area (Å²) < 4.78 is 0. The summed E-state index contributed by atoms with van der Waals surface area (Å²) in [4.78, 5) is 19.1. The first-order valence-corrected chi connectivity index (χ1v) is 9.63. The third-order valence-corrected chi connectivity index (χ3v) is 5.58. The Morgan fingerprint density at radius 3 is 2.42 bits per heavy atom. The van der Waals surface area contributed by atoms with Gasteiger partial charge in [0.15, 0.2) is 5.01 Å². The van der Waals surface area contributed by atoms with Gasteiger partial charge in [0, 0.05) is 30.1 Å². The number of hydrogen-bond acceptors (Lipinski definition) is 4. The van der Waals surface area contributed by atoms with Crippen LogP contribution in [0, 0.1) is 0 Å². The van der Waals surface area contributed by atoms with Crippen LogP contribution in [0.2, 0.25) is 0 Å². The van der Waals surface area contributed by atoms with Crippen LogP contribution in [0.25, 0.3) is 0 Å². The Kier molecular flexibility index (Phi) is 5.04. The zero-order chi connectivity index (χ0) is 17.3. The lowest BCUT2D eigenvalue weighted by atomic mass is 9.93. The van der Waals surface area contributed by atoms with Crippen LogP contribution >= 0.6 is 11.3 Å². The summed E-state index contributed by atoms with van der Waals surface area (Å²) in [6.45, 7) is 10.1. The molecule has 3 rings (SSSR count). The number of H-pyrrole nitrogens is 1. The van der Waals surface area contributed by atoms with Gasteiger partial charge in [0.1, 0.15) is 0 Å². The molecule has 1 saturated heterocycles. The number of hydrogen-bond donors (Lipinski definition) is 1. The lowest BCUT2D eigenvalue weighted by molar-refractivity contribution is 0.0711. The van der Waals surface area contributed by atoms with Crippen LogP contribution in [-0.2, 0) is 0 Å². The highest BCUT2D eigenvalue weighted by molar-refractivity contribution is 7.11. The minimum Gasteiger partial charge on any atom is -0.337 e. The number of aromatic nitrogens is 3. The van der Waals surface area contributed by atoms with Gasteiger partial charge in [0.2, 0.25) is 0 Å². The minimum atomic E-state index is 0.0813. The normalized spacial score (nSPS) is 16.3. The molecule has 1 aliphatic rings. The molecule has 1 amide bonds. The topological polar surface area (TPSA) is 61.9 Å². The molecule has 0 radical (unpaired) electrons. The average Bonchev–Trinajstić information content (AvgIpc) is 3.24. The summed E-state index contributed by atoms with van der Waals surface area (Å²) in [6.07, 6.45) is 1.96. The predicted octanol–water partition coefficient (Wildman–Crippen LogP) is 4.13. The summed E-state index contributed by atoms with van der Waals surface area (Å²) in [6, 6.07) is 2.18. The third kappa shape index (κ3) is 3.53. The molecular weight excluding hydrogens is 320 g/mol. The molecule has 0 spiro atoms. The Morgan fingerprint density at radius 1 is 1.21 bits per heavy atom. The zero-order valence-electron chi connectivity index (χ0n) is 14.9. The van der Waals surface area contributed by atoms with E-state index in [-0.39, 0.29) is 5.91 Å². The van der Waals surface area contributed by atoms with E-state index in [0.29, 0.717) is 22.8 Å². The Hall–Kier alpha value is -1.69. The molecule has 0 atom stereocenters. The van der Waals surface area contributed by atoms with Crippen LogP contribution < -0.4 is 0 Å². The van der Waals surface area contributed by atoms with E-state index in [0.717, 1.165) is 37.3 Å². The van der Waals surface area contributed by atoms with Crippen LogP contribution in [0.5, 0.6) is 0 Å². The van der Waals surface area contributed by atoms with Crippen molar-refractivity contribution in [2.75, 3.05) is 13.1 Å². The van der Waals surface area contributed by atoms with Crippen molar-refractivity contribution >= 4 is 17.2 Å². The van der Waals surface area contributed by atoms with Crippen molar-refractivity contribution in [3.63, 3.8) is 0 Å². The molecule has 0 saturated carbocycles. The summed E-state index contributed by atoms with van der Waals surface area (Å²) in [5.74, 6) is 1.36. The van der Waals surface area contributed by atoms with E-state index in [1.807, 2.05) is 10.3 Å². The van der Waals surface area contributed by atoms with Gasteiger partial charge in [0.25, 0.3) is 5.91 Å². The molecule has 0 aliphatic carbocycles. The molecule has 0 bridgehead atoms. The monoisotopic (exact) mass is 346 g/mol.